The third-order valence-electron chi connectivity index (χ3n) is 3.03. The Labute approximate surface area is 131 Å². The summed E-state index contributed by atoms with van der Waals surface area (Å²) in [7, 11) is -2.61. The van der Waals surface area contributed by atoms with Gasteiger partial charge >= 0.3 is 8.80 Å². The molecule has 0 heterocycles. The van der Waals surface area contributed by atoms with E-state index in [1.807, 2.05) is 48.5 Å². The van der Waals surface area contributed by atoms with E-state index in [0.29, 0.717) is 25.9 Å². The van der Waals surface area contributed by atoms with E-state index in [1.54, 1.807) is 6.08 Å². The Morgan fingerprint density at radius 3 is 1.76 bits per heavy atom. The zero-order valence-corrected chi connectivity index (χ0v) is 15.7. The minimum absolute atomic E-state index is 0.150. The smallest absolute Gasteiger partial charge is 0.374 e. The summed E-state index contributed by atoms with van der Waals surface area (Å²) in [5.41, 5.74) is 0.709. The lowest BCUT2D eigenvalue weighted by Crippen LogP contribution is -2.45. The van der Waals surface area contributed by atoms with Crippen LogP contribution in [0.4, 0.5) is 0 Å². The summed E-state index contributed by atoms with van der Waals surface area (Å²) in [5, 5.41) is 0. The van der Waals surface area contributed by atoms with E-state index < -0.39 is 8.80 Å². The van der Waals surface area contributed by atoms with Crippen LogP contribution in [0.1, 0.15) is 54.9 Å². The molecule has 21 heavy (non-hydrogen) atoms. The fraction of sp³-hybridized carbons (Fsp3) is 0.812. The van der Waals surface area contributed by atoms with Gasteiger partial charge in [0.1, 0.15) is 0 Å². The molecule has 0 amide bonds. The van der Waals surface area contributed by atoms with Gasteiger partial charge in [0.15, 0.2) is 5.78 Å². The van der Waals surface area contributed by atoms with Gasteiger partial charge in [0.25, 0.3) is 0 Å². The van der Waals surface area contributed by atoms with Crippen molar-refractivity contribution < 1.29 is 18.1 Å². The molecule has 0 aliphatic carbocycles. The van der Waals surface area contributed by atoms with Crippen LogP contribution in [0, 0.1) is 5.41 Å². The SMILES string of the molecule is CCO[Si](CC/C(C)=C/C(=O)C(C)(C)C)(OCC)OCC. The Bertz CT molecular complexity index is 328. The molecular weight excluding hydrogens is 284 g/mol. The number of carbonyl (C=O) groups is 1. The highest BCUT2D eigenvalue weighted by Gasteiger charge is 2.39. The van der Waals surface area contributed by atoms with Crippen LogP contribution >= 0.6 is 0 Å². The number of allylic oxidation sites excluding steroid dienone is 2. The molecule has 0 aliphatic heterocycles. The van der Waals surface area contributed by atoms with Gasteiger partial charge in [-0.3, -0.25) is 4.79 Å². The molecule has 0 saturated carbocycles. The Kier molecular flexibility index (Phi) is 9.29. The van der Waals surface area contributed by atoms with Crippen molar-refractivity contribution in [2.75, 3.05) is 19.8 Å². The fourth-order valence-corrected chi connectivity index (χ4v) is 4.57. The highest BCUT2D eigenvalue weighted by atomic mass is 28.4. The van der Waals surface area contributed by atoms with E-state index in [4.69, 9.17) is 13.3 Å². The average molecular weight is 317 g/mol. The van der Waals surface area contributed by atoms with Crippen LogP contribution in [0.5, 0.6) is 0 Å². The number of hydrogen-bond donors (Lipinski definition) is 0. The number of carbonyl (C=O) groups excluding carboxylic acids is 1. The predicted octanol–water partition coefficient (Wildman–Crippen LogP) is 3.99. The predicted molar refractivity (Wildman–Crippen MR) is 88.3 cm³/mol. The number of hydrogen-bond acceptors (Lipinski definition) is 4. The Hall–Kier alpha value is -0.493. The Balaban J connectivity index is 4.80. The van der Waals surface area contributed by atoms with Crippen molar-refractivity contribution in [1.82, 2.24) is 0 Å². The zero-order valence-electron chi connectivity index (χ0n) is 14.7. The molecule has 0 aromatic carbocycles. The van der Waals surface area contributed by atoms with Gasteiger partial charge in [-0.05, 0) is 40.2 Å². The first-order valence-corrected chi connectivity index (χ1v) is 9.77. The second kappa shape index (κ2) is 9.51. The van der Waals surface area contributed by atoms with E-state index in [2.05, 4.69) is 0 Å². The molecule has 0 rings (SSSR count). The lowest BCUT2D eigenvalue weighted by atomic mass is 9.89. The summed E-state index contributed by atoms with van der Waals surface area (Å²) >= 11 is 0. The molecular formula is C16H32O4Si. The minimum Gasteiger partial charge on any atom is -0.374 e. The normalized spacial score (nSPS) is 13.6. The monoisotopic (exact) mass is 316 g/mol. The Morgan fingerprint density at radius 1 is 1.00 bits per heavy atom. The molecule has 4 nitrogen and oxygen atoms in total. The maximum atomic E-state index is 12.0. The van der Waals surface area contributed by atoms with Gasteiger partial charge in [-0.1, -0.05) is 26.3 Å². The van der Waals surface area contributed by atoms with Crippen molar-refractivity contribution in [2.24, 2.45) is 5.41 Å². The van der Waals surface area contributed by atoms with Crippen molar-refractivity contribution in [2.45, 2.75) is 60.9 Å². The van der Waals surface area contributed by atoms with Crippen LogP contribution < -0.4 is 0 Å². The third kappa shape index (κ3) is 7.90. The zero-order chi connectivity index (χ0) is 16.5. The summed E-state index contributed by atoms with van der Waals surface area (Å²) in [6.07, 6.45) is 2.50. The summed E-state index contributed by atoms with van der Waals surface area (Å²) in [4.78, 5) is 12.0. The van der Waals surface area contributed by atoms with Crippen LogP contribution in [0.15, 0.2) is 11.6 Å². The molecule has 0 spiro atoms. The van der Waals surface area contributed by atoms with Crippen molar-refractivity contribution in [3.8, 4) is 0 Å². The van der Waals surface area contributed by atoms with Crippen molar-refractivity contribution >= 4 is 14.6 Å². The third-order valence-corrected chi connectivity index (χ3v) is 6.08. The van der Waals surface area contributed by atoms with Gasteiger partial charge in [-0.25, -0.2) is 0 Å². The van der Waals surface area contributed by atoms with Crippen LogP contribution in [-0.2, 0) is 18.1 Å². The molecule has 0 aliphatic rings. The quantitative estimate of drug-likeness (QED) is 0.451. The molecule has 0 N–H and O–H groups in total. The highest BCUT2D eigenvalue weighted by molar-refractivity contribution is 6.60. The molecule has 124 valence electrons. The lowest BCUT2D eigenvalue weighted by Gasteiger charge is -2.28. The fourth-order valence-electron chi connectivity index (χ4n) is 1.86. The minimum atomic E-state index is -2.61. The largest absolute Gasteiger partial charge is 0.501 e. The van der Waals surface area contributed by atoms with Crippen molar-refractivity contribution in [3.63, 3.8) is 0 Å². The molecule has 0 saturated heterocycles. The Morgan fingerprint density at radius 2 is 1.43 bits per heavy atom. The van der Waals surface area contributed by atoms with E-state index in [1.165, 1.54) is 0 Å². The second-order valence-corrected chi connectivity index (χ2v) is 8.82. The van der Waals surface area contributed by atoms with Gasteiger partial charge in [0.2, 0.25) is 0 Å². The molecule has 5 heteroatoms. The molecule has 0 aromatic rings. The summed E-state index contributed by atoms with van der Waals surface area (Å²) in [5.74, 6) is 0.150. The van der Waals surface area contributed by atoms with E-state index in [9.17, 15) is 4.79 Å². The van der Waals surface area contributed by atoms with Gasteiger partial charge in [-0.2, -0.15) is 0 Å². The summed E-state index contributed by atoms with van der Waals surface area (Å²) in [6.45, 7) is 15.4. The topological polar surface area (TPSA) is 44.8 Å². The summed E-state index contributed by atoms with van der Waals surface area (Å²) in [6, 6.07) is 0.711. The molecule has 0 unspecified atom stereocenters. The standard InChI is InChI=1S/C16H32O4Si/c1-8-18-21(19-9-2,20-10-3)12-11-14(4)13-15(17)16(5,6)7/h13H,8-12H2,1-7H3/b14-13+. The maximum absolute atomic E-state index is 12.0. The molecule has 0 aromatic heterocycles. The van der Waals surface area contributed by atoms with E-state index in [0.717, 1.165) is 12.0 Å². The molecule has 0 fully saturated rings. The van der Waals surface area contributed by atoms with Crippen molar-refractivity contribution in [1.29, 1.82) is 0 Å². The van der Waals surface area contributed by atoms with Gasteiger partial charge < -0.3 is 13.3 Å². The second-order valence-electron chi connectivity index (χ2n) is 6.09. The van der Waals surface area contributed by atoms with Gasteiger partial charge in [-0.15, -0.1) is 0 Å². The summed E-state index contributed by atoms with van der Waals surface area (Å²) < 4.78 is 17.4. The number of ketones is 1. The first kappa shape index (κ1) is 20.5. The lowest BCUT2D eigenvalue weighted by molar-refractivity contribution is -0.121. The van der Waals surface area contributed by atoms with E-state index >= 15 is 0 Å². The number of rotatable bonds is 10. The highest BCUT2D eigenvalue weighted by Crippen LogP contribution is 2.22. The van der Waals surface area contributed by atoms with E-state index in [-0.39, 0.29) is 11.2 Å². The first-order chi connectivity index (χ1) is 9.70. The van der Waals surface area contributed by atoms with Crippen LogP contribution in [0.3, 0.4) is 0 Å². The van der Waals surface area contributed by atoms with Crippen LogP contribution in [0.25, 0.3) is 0 Å². The molecule has 0 bridgehead atoms. The maximum Gasteiger partial charge on any atom is 0.501 e. The first-order valence-electron chi connectivity index (χ1n) is 7.84. The molecule has 0 radical (unpaired) electrons. The van der Waals surface area contributed by atoms with Crippen molar-refractivity contribution in [3.05, 3.63) is 11.6 Å². The molecule has 0 atom stereocenters. The average Bonchev–Trinajstić information content (AvgIpc) is 2.36. The van der Waals surface area contributed by atoms with Crippen LogP contribution in [0.2, 0.25) is 6.04 Å². The van der Waals surface area contributed by atoms with Crippen LogP contribution in [-0.4, -0.2) is 34.4 Å². The van der Waals surface area contributed by atoms with Gasteiger partial charge in [0, 0.05) is 31.3 Å². The van der Waals surface area contributed by atoms with Gasteiger partial charge in [0.05, 0.1) is 0 Å².